The Kier molecular flexibility index (Phi) is 3.13. The number of aliphatic carboxylic acids is 1. The van der Waals surface area contributed by atoms with Crippen LogP contribution in [0.1, 0.15) is 29.7 Å². The van der Waals surface area contributed by atoms with Crippen molar-refractivity contribution >= 4 is 16.9 Å². The van der Waals surface area contributed by atoms with E-state index in [9.17, 15) is 9.90 Å². The van der Waals surface area contributed by atoms with Gasteiger partial charge >= 0.3 is 5.97 Å². The molecule has 4 heteroatoms. The minimum atomic E-state index is -0.886. The summed E-state index contributed by atoms with van der Waals surface area (Å²) in [5.41, 5.74) is 3.79. The monoisotopic (exact) mass is 247 g/mol. The maximum absolute atomic E-state index is 10.9. The molecule has 4 nitrogen and oxygen atoms in total. The number of rotatable bonds is 3. The van der Waals surface area contributed by atoms with Crippen molar-refractivity contribution in [2.45, 2.75) is 33.4 Å². The lowest BCUT2D eigenvalue weighted by Crippen LogP contribution is -2.07. The Bertz CT molecular complexity index is 611. The number of carboxylic acids is 1. The second-order valence-electron chi connectivity index (χ2n) is 4.76. The summed E-state index contributed by atoms with van der Waals surface area (Å²) < 4.78 is 1.68. The van der Waals surface area contributed by atoms with Crippen molar-refractivity contribution in [1.82, 2.24) is 4.57 Å². The predicted octanol–water partition coefficient (Wildman–Crippen LogP) is 2.40. The Hall–Kier alpha value is -1.81. The highest BCUT2D eigenvalue weighted by molar-refractivity contribution is 5.89. The van der Waals surface area contributed by atoms with Crippen molar-refractivity contribution in [3.05, 3.63) is 35.0 Å². The van der Waals surface area contributed by atoms with Crippen LogP contribution in [0.5, 0.6) is 0 Å². The zero-order chi connectivity index (χ0) is 13.4. The second-order valence-corrected chi connectivity index (χ2v) is 4.76. The number of benzene rings is 1. The Morgan fingerprint density at radius 3 is 2.61 bits per heavy atom. The van der Waals surface area contributed by atoms with Crippen LogP contribution in [-0.4, -0.2) is 20.7 Å². The lowest BCUT2D eigenvalue weighted by molar-refractivity contribution is -0.137. The summed E-state index contributed by atoms with van der Waals surface area (Å²) in [6, 6.07) is 4.00. The summed E-state index contributed by atoms with van der Waals surface area (Å²) in [6.07, 6.45) is 1.12. The van der Waals surface area contributed by atoms with Crippen LogP contribution in [0.3, 0.4) is 0 Å². The van der Waals surface area contributed by atoms with Gasteiger partial charge in [-0.3, -0.25) is 4.79 Å². The van der Waals surface area contributed by atoms with Crippen molar-refractivity contribution in [1.29, 1.82) is 0 Å². The molecule has 2 rings (SSSR count). The molecule has 96 valence electrons. The molecule has 1 heterocycles. The zero-order valence-corrected chi connectivity index (χ0v) is 10.8. The van der Waals surface area contributed by atoms with Gasteiger partial charge in [-0.2, -0.15) is 0 Å². The number of aryl methyl sites for hydroxylation is 2. The van der Waals surface area contributed by atoms with Gasteiger partial charge < -0.3 is 14.8 Å². The van der Waals surface area contributed by atoms with Gasteiger partial charge in [0.05, 0.1) is 6.10 Å². The number of carbonyl (C=O) groups is 1. The Labute approximate surface area is 105 Å². The quantitative estimate of drug-likeness (QED) is 0.875. The number of hydrogen-bond acceptors (Lipinski definition) is 2. The number of fused-ring (bicyclic) bond motifs is 1. The topological polar surface area (TPSA) is 62.5 Å². The number of aliphatic hydroxyl groups is 1. The maximum Gasteiger partial charge on any atom is 0.323 e. The number of carboxylic acid groups (broad SMARTS) is 1. The molecule has 1 atom stereocenters. The summed E-state index contributed by atoms with van der Waals surface area (Å²) in [4.78, 5) is 10.9. The molecule has 0 bridgehead atoms. The van der Waals surface area contributed by atoms with Crippen molar-refractivity contribution in [2.24, 2.45) is 0 Å². The highest BCUT2D eigenvalue weighted by Crippen LogP contribution is 2.30. The molecule has 1 unspecified atom stereocenters. The van der Waals surface area contributed by atoms with Crippen LogP contribution in [-0.2, 0) is 11.3 Å². The number of aromatic nitrogens is 1. The van der Waals surface area contributed by atoms with E-state index in [1.54, 1.807) is 17.7 Å². The highest BCUT2D eigenvalue weighted by Gasteiger charge is 2.15. The predicted molar refractivity (Wildman–Crippen MR) is 69.7 cm³/mol. The van der Waals surface area contributed by atoms with Crippen LogP contribution >= 0.6 is 0 Å². The van der Waals surface area contributed by atoms with Gasteiger partial charge in [0.2, 0.25) is 0 Å². The van der Waals surface area contributed by atoms with Gasteiger partial charge in [0, 0.05) is 22.7 Å². The second kappa shape index (κ2) is 4.46. The Morgan fingerprint density at radius 1 is 1.39 bits per heavy atom. The molecule has 2 aromatic rings. The van der Waals surface area contributed by atoms with Crippen molar-refractivity contribution in [3.63, 3.8) is 0 Å². The first-order valence-corrected chi connectivity index (χ1v) is 5.90. The fourth-order valence-corrected chi connectivity index (χ4v) is 2.44. The van der Waals surface area contributed by atoms with Crippen LogP contribution in [0.2, 0.25) is 0 Å². The molecule has 0 saturated carbocycles. The summed E-state index contributed by atoms with van der Waals surface area (Å²) in [5, 5.41) is 19.7. The molecule has 0 aliphatic heterocycles. The van der Waals surface area contributed by atoms with Crippen LogP contribution in [0.4, 0.5) is 0 Å². The zero-order valence-electron chi connectivity index (χ0n) is 10.8. The Balaban J connectivity index is 2.76. The standard InChI is InChI=1S/C14H17NO3/c1-8-4-9(2)14-11(10(3)16)6-15(7-13(17)18)12(14)5-8/h4-6,10,16H,7H2,1-3H3,(H,17,18). The first kappa shape index (κ1) is 12.6. The SMILES string of the molecule is Cc1cc(C)c2c(C(C)O)cn(CC(=O)O)c2c1. The molecule has 0 aliphatic carbocycles. The average molecular weight is 247 g/mol. The van der Waals surface area contributed by atoms with E-state index >= 15 is 0 Å². The molecule has 0 spiro atoms. The maximum atomic E-state index is 10.9. The van der Waals surface area contributed by atoms with Gasteiger partial charge in [-0.25, -0.2) is 0 Å². The molecule has 1 aromatic carbocycles. The fraction of sp³-hybridized carbons (Fsp3) is 0.357. The molecule has 0 fully saturated rings. The van der Waals surface area contributed by atoms with Gasteiger partial charge in [-0.1, -0.05) is 6.07 Å². The molecule has 0 amide bonds. The molecule has 0 radical (unpaired) electrons. The minimum Gasteiger partial charge on any atom is -0.480 e. The smallest absolute Gasteiger partial charge is 0.323 e. The van der Waals surface area contributed by atoms with Crippen molar-refractivity contribution < 1.29 is 15.0 Å². The summed E-state index contributed by atoms with van der Waals surface area (Å²) in [6.45, 7) is 5.56. The average Bonchev–Trinajstić information content (AvgIpc) is 2.56. The molecular formula is C14H17NO3. The number of nitrogens with zero attached hydrogens (tertiary/aromatic N) is 1. The van der Waals surface area contributed by atoms with Gasteiger partial charge in [0.25, 0.3) is 0 Å². The third-order valence-electron chi connectivity index (χ3n) is 3.11. The van der Waals surface area contributed by atoms with E-state index in [0.717, 1.165) is 27.6 Å². The van der Waals surface area contributed by atoms with E-state index in [0.29, 0.717) is 0 Å². The van der Waals surface area contributed by atoms with Gasteiger partial charge in [-0.15, -0.1) is 0 Å². The summed E-state index contributed by atoms with van der Waals surface area (Å²) in [7, 11) is 0. The summed E-state index contributed by atoms with van der Waals surface area (Å²) >= 11 is 0. The Morgan fingerprint density at radius 2 is 2.06 bits per heavy atom. The third-order valence-corrected chi connectivity index (χ3v) is 3.11. The first-order valence-electron chi connectivity index (χ1n) is 5.90. The number of hydrogen-bond donors (Lipinski definition) is 2. The van der Waals surface area contributed by atoms with E-state index < -0.39 is 12.1 Å². The largest absolute Gasteiger partial charge is 0.480 e. The van der Waals surface area contributed by atoms with E-state index in [1.807, 2.05) is 26.0 Å². The van der Waals surface area contributed by atoms with E-state index in [2.05, 4.69) is 0 Å². The number of aliphatic hydroxyl groups excluding tert-OH is 1. The van der Waals surface area contributed by atoms with Crippen LogP contribution in [0, 0.1) is 13.8 Å². The lowest BCUT2D eigenvalue weighted by Gasteiger charge is -2.06. The molecular weight excluding hydrogens is 230 g/mol. The third kappa shape index (κ3) is 2.11. The molecule has 18 heavy (non-hydrogen) atoms. The van der Waals surface area contributed by atoms with Crippen LogP contribution in [0.25, 0.3) is 10.9 Å². The molecule has 2 N–H and O–H groups in total. The van der Waals surface area contributed by atoms with Crippen molar-refractivity contribution in [2.75, 3.05) is 0 Å². The minimum absolute atomic E-state index is 0.0912. The lowest BCUT2D eigenvalue weighted by atomic mass is 10.0. The van der Waals surface area contributed by atoms with Gasteiger partial charge in [0.15, 0.2) is 0 Å². The van der Waals surface area contributed by atoms with E-state index in [-0.39, 0.29) is 6.54 Å². The van der Waals surface area contributed by atoms with E-state index in [4.69, 9.17) is 5.11 Å². The molecule has 0 aliphatic rings. The van der Waals surface area contributed by atoms with Crippen molar-refractivity contribution in [3.8, 4) is 0 Å². The van der Waals surface area contributed by atoms with Crippen LogP contribution in [0.15, 0.2) is 18.3 Å². The molecule has 0 saturated heterocycles. The fourth-order valence-electron chi connectivity index (χ4n) is 2.44. The van der Waals surface area contributed by atoms with Crippen LogP contribution < -0.4 is 0 Å². The molecule has 1 aromatic heterocycles. The van der Waals surface area contributed by atoms with Gasteiger partial charge in [-0.05, 0) is 38.0 Å². The summed E-state index contributed by atoms with van der Waals surface area (Å²) in [5.74, 6) is -0.886. The van der Waals surface area contributed by atoms with E-state index in [1.165, 1.54) is 0 Å². The normalized spacial score (nSPS) is 12.9. The highest BCUT2D eigenvalue weighted by atomic mass is 16.4. The van der Waals surface area contributed by atoms with Gasteiger partial charge in [0.1, 0.15) is 6.54 Å². The first-order chi connectivity index (χ1) is 8.40.